The molecule has 2 nitrogen and oxygen atoms in total. The normalized spacial score (nSPS) is 11.0. The summed E-state index contributed by atoms with van der Waals surface area (Å²) in [5.74, 6) is 0.0442. The molecule has 0 saturated heterocycles. The van der Waals surface area contributed by atoms with Crippen LogP contribution in [0, 0.1) is 0 Å². The average Bonchev–Trinajstić information content (AvgIpc) is 2.34. The van der Waals surface area contributed by atoms with Gasteiger partial charge in [0.25, 0.3) is 0 Å². The van der Waals surface area contributed by atoms with Crippen molar-refractivity contribution >= 4 is 5.91 Å². The van der Waals surface area contributed by atoms with Gasteiger partial charge in [0, 0.05) is 13.5 Å². The first-order valence-corrected chi connectivity index (χ1v) is 7.66. The molecule has 1 N–H and O–H groups in total. The largest absolute Gasteiger partial charge is 0.353 e. The zero-order valence-corrected chi connectivity index (χ0v) is 12.3. The van der Waals surface area contributed by atoms with E-state index in [4.69, 9.17) is 0 Å². The molecule has 0 aromatic heterocycles. The summed E-state index contributed by atoms with van der Waals surface area (Å²) in [6.07, 6.45) is 17.8. The minimum atomic E-state index is 0.0442. The quantitative estimate of drug-likeness (QED) is 0.400. The highest BCUT2D eigenvalue weighted by atomic mass is 16.1. The van der Waals surface area contributed by atoms with E-state index in [1.807, 2.05) is 6.08 Å². The van der Waals surface area contributed by atoms with Crippen molar-refractivity contribution in [3.8, 4) is 0 Å². The molecule has 0 atom stereocenters. The summed E-state index contributed by atoms with van der Waals surface area (Å²) in [6, 6.07) is 0. The Balaban J connectivity index is 3.04. The van der Waals surface area contributed by atoms with Gasteiger partial charge in [-0.1, -0.05) is 70.4 Å². The fourth-order valence-corrected chi connectivity index (χ4v) is 1.98. The topological polar surface area (TPSA) is 29.1 Å². The third-order valence-electron chi connectivity index (χ3n) is 3.11. The molecule has 0 spiro atoms. The van der Waals surface area contributed by atoms with E-state index in [9.17, 15) is 4.79 Å². The average molecular weight is 253 g/mol. The molecular weight excluding hydrogens is 222 g/mol. The van der Waals surface area contributed by atoms with Gasteiger partial charge in [-0.2, -0.15) is 0 Å². The molecule has 0 saturated carbocycles. The molecule has 0 aliphatic rings. The summed E-state index contributed by atoms with van der Waals surface area (Å²) in [5.41, 5.74) is 0. The maximum atomic E-state index is 10.6. The SMILES string of the molecule is CCCCCCCCCCC/C=C/CNC(C)=O. The minimum absolute atomic E-state index is 0.0442. The van der Waals surface area contributed by atoms with E-state index in [-0.39, 0.29) is 5.91 Å². The van der Waals surface area contributed by atoms with Crippen LogP contribution in [0.2, 0.25) is 0 Å². The Morgan fingerprint density at radius 1 is 0.889 bits per heavy atom. The third-order valence-corrected chi connectivity index (χ3v) is 3.11. The van der Waals surface area contributed by atoms with Crippen LogP contribution in [0.1, 0.15) is 78.1 Å². The van der Waals surface area contributed by atoms with Gasteiger partial charge in [-0.15, -0.1) is 0 Å². The molecule has 0 aromatic rings. The Morgan fingerprint density at radius 2 is 1.44 bits per heavy atom. The van der Waals surface area contributed by atoms with Crippen LogP contribution >= 0.6 is 0 Å². The summed E-state index contributed by atoms with van der Waals surface area (Å²) < 4.78 is 0. The number of carbonyl (C=O) groups excluding carboxylic acids is 1. The Labute approximate surface area is 113 Å². The van der Waals surface area contributed by atoms with Crippen LogP contribution in [0.15, 0.2) is 12.2 Å². The first-order valence-electron chi connectivity index (χ1n) is 7.66. The minimum Gasteiger partial charge on any atom is -0.353 e. The van der Waals surface area contributed by atoms with Crippen LogP contribution in [0.4, 0.5) is 0 Å². The third kappa shape index (κ3) is 15.2. The Hall–Kier alpha value is -0.790. The lowest BCUT2D eigenvalue weighted by Gasteiger charge is -2.00. The summed E-state index contributed by atoms with van der Waals surface area (Å²) in [5, 5.41) is 2.76. The van der Waals surface area contributed by atoms with E-state index >= 15 is 0 Å². The van der Waals surface area contributed by atoms with Gasteiger partial charge in [0.15, 0.2) is 0 Å². The van der Waals surface area contributed by atoms with E-state index in [1.165, 1.54) is 57.8 Å². The molecule has 0 rings (SSSR count). The van der Waals surface area contributed by atoms with Gasteiger partial charge in [0.2, 0.25) is 5.91 Å². The van der Waals surface area contributed by atoms with Crippen LogP contribution in [-0.4, -0.2) is 12.5 Å². The van der Waals surface area contributed by atoms with Gasteiger partial charge in [-0.3, -0.25) is 4.79 Å². The Bertz CT molecular complexity index is 211. The first-order chi connectivity index (χ1) is 8.77. The number of hydrogen-bond acceptors (Lipinski definition) is 1. The van der Waals surface area contributed by atoms with Crippen molar-refractivity contribution in [2.24, 2.45) is 0 Å². The van der Waals surface area contributed by atoms with Crippen molar-refractivity contribution in [3.63, 3.8) is 0 Å². The number of carbonyl (C=O) groups is 1. The fourth-order valence-electron chi connectivity index (χ4n) is 1.98. The van der Waals surface area contributed by atoms with Crippen LogP contribution < -0.4 is 5.32 Å². The summed E-state index contributed by atoms with van der Waals surface area (Å²) in [7, 11) is 0. The van der Waals surface area contributed by atoms with Crippen molar-refractivity contribution in [1.29, 1.82) is 0 Å². The molecule has 0 aromatic carbocycles. The summed E-state index contributed by atoms with van der Waals surface area (Å²) >= 11 is 0. The lowest BCUT2D eigenvalue weighted by Crippen LogP contribution is -2.19. The number of allylic oxidation sites excluding steroid dienone is 1. The molecule has 0 fully saturated rings. The second-order valence-electron chi connectivity index (χ2n) is 5.03. The molecule has 1 amide bonds. The molecule has 0 aliphatic carbocycles. The second kappa shape index (κ2) is 14.3. The molecule has 0 bridgehead atoms. The van der Waals surface area contributed by atoms with E-state index in [2.05, 4.69) is 18.3 Å². The smallest absolute Gasteiger partial charge is 0.217 e. The molecule has 0 unspecified atom stereocenters. The Morgan fingerprint density at radius 3 is 2.00 bits per heavy atom. The molecule has 0 aliphatic heterocycles. The molecule has 106 valence electrons. The summed E-state index contributed by atoms with van der Waals surface area (Å²) in [4.78, 5) is 10.6. The van der Waals surface area contributed by atoms with Crippen molar-refractivity contribution in [3.05, 3.63) is 12.2 Å². The maximum absolute atomic E-state index is 10.6. The van der Waals surface area contributed by atoms with E-state index in [0.29, 0.717) is 6.54 Å². The molecular formula is C16H31NO. The van der Waals surface area contributed by atoms with Crippen LogP contribution in [-0.2, 0) is 4.79 Å². The lowest BCUT2D eigenvalue weighted by atomic mass is 10.1. The number of unbranched alkanes of at least 4 members (excludes halogenated alkanes) is 9. The molecule has 0 heterocycles. The number of hydrogen-bond donors (Lipinski definition) is 1. The zero-order chi connectivity index (χ0) is 13.5. The number of nitrogens with one attached hydrogen (secondary N) is 1. The van der Waals surface area contributed by atoms with Gasteiger partial charge in [0.1, 0.15) is 0 Å². The fraction of sp³-hybridized carbons (Fsp3) is 0.812. The van der Waals surface area contributed by atoms with Crippen LogP contribution in [0.3, 0.4) is 0 Å². The van der Waals surface area contributed by atoms with Gasteiger partial charge in [-0.25, -0.2) is 0 Å². The van der Waals surface area contributed by atoms with Crippen LogP contribution in [0.25, 0.3) is 0 Å². The molecule has 0 radical (unpaired) electrons. The van der Waals surface area contributed by atoms with Crippen LogP contribution in [0.5, 0.6) is 0 Å². The van der Waals surface area contributed by atoms with Gasteiger partial charge >= 0.3 is 0 Å². The highest BCUT2D eigenvalue weighted by Crippen LogP contribution is 2.10. The summed E-state index contributed by atoms with van der Waals surface area (Å²) in [6.45, 7) is 4.49. The molecule has 2 heteroatoms. The zero-order valence-electron chi connectivity index (χ0n) is 12.3. The van der Waals surface area contributed by atoms with Crippen molar-refractivity contribution in [2.45, 2.75) is 78.1 Å². The predicted octanol–water partition coefficient (Wildman–Crippen LogP) is 4.60. The number of rotatable bonds is 12. The lowest BCUT2D eigenvalue weighted by molar-refractivity contribution is -0.118. The van der Waals surface area contributed by atoms with Crippen molar-refractivity contribution in [1.82, 2.24) is 5.32 Å². The number of amides is 1. The van der Waals surface area contributed by atoms with E-state index in [1.54, 1.807) is 6.92 Å². The standard InChI is InChI=1S/C16H31NO/c1-3-4-5-6-7-8-9-10-11-12-13-14-15-17-16(2)18/h13-14H,3-12,15H2,1-2H3,(H,17,18)/b14-13+. The van der Waals surface area contributed by atoms with Crippen molar-refractivity contribution < 1.29 is 4.79 Å². The van der Waals surface area contributed by atoms with Crippen molar-refractivity contribution in [2.75, 3.05) is 6.54 Å². The highest BCUT2D eigenvalue weighted by molar-refractivity contribution is 5.72. The maximum Gasteiger partial charge on any atom is 0.217 e. The monoisotopic (exact) mass is 253 g/mol. The van der Waals surface area contributed by atoms with Gasteiger partial charge in [0.05, 0.1) is 0 Å². The van der Waals surface area contributed by atoms with Gasteiger partial charge < -0.3 is 5.32 Å². The van der Waals surface area contributed by atoms with E-state index in [0.717, 1.165) is 6.42 Å². The first kappa shape index (κ1) is 17.2. The second-order valence-corrected chi connectivity index (χ2v) is 5.03. The Kier molecular flexibility index (Phi) is 13.6. The van der Waals surface area contributed by atoms with Gasteiger partial charge in [-0.05, 0) is 12.8 Å². The highest BCUT2D eigenvalue weighted by Gasteiger charge is 1.91. The predicted molar refractivity (Wildman–Crippen MR) is 79.7 cm³/mol. The van der Waals surface area contributed by atoms with E-state index < -0.39 is 0 Å². The molecule has 18 heavy (non-hydrogen) atoms.